The van der Waals surface area contributed by atoms with Gasteiger partial charge in [0.1, 0.15) is 24.1 Å². The zero-order chi connectivity index (χ0) is 31.0. The highest BCUT2D eigenvalue weighted by atomic mass is 19.4. The number of carbonyl (C=O) groups is 1. The molecule has 0 radical (unpaired) electrons. The van der Waals surface area contributed by atoms with Crippen molar-refractivity contribution in [2.75, 3.05) is 6.61 Å². The van der Waals surface area contributed by atoms with E-state index in [1.54, 1.807) is 16.7 Å². The van der Waals surface area contributed by atoms with Crippen LogP contribution in [0.4, 0.5) is 22.0 Å². The van der Waals surface area contributed by atoms with Gasteiger partial charge < -0.3 is 19.1 Å². The lowest BCUT2D eigenvalue weighted by atomic mass is 10.0. The zero-order valence-corrected chi connectivity index (χ0v) is 22.9. The minimum Gasteiger partial charge on any atom is -0.478 e. The van der Waals surface area contributed by atoms with E-state index in [4.69, 9.17) is 9.47 Å². The van der Waals surface area contributed by atoms with Gasteiger partial charge in [0.05, 0.1) is 40.5 Å². The minimum atomic E-state index is -4.45. The number of hydrogen-bond donors (Lipinski definition) is 1. The van der Waals surface area contributed by atoms with Crippen LogP contribution in [0.5, 0.6) is 5.88 Å². The summed E-state index contributed by atoms with van der Waals surface area (Å²) in [6.07, 6.45) is -3.79. The topological polar surface area (TPSA) is 86.5 Å². The summed E-state index contributed by atoms with van der Waals surface area (Å²) in [5.41, 5.74) is 0.913. The van der Waals surface area contributed by atoms with E-state index < -0.39 is 29.3 Å². The molecule has 6 rings (SSSR count). The first-order valence-corrected chi connectivity index (χ1v) is 13.6. The Bertz CT molecular complexity index is 1850. The van der Waals surface area contributed by atoms with Crippen molar-refractivity contribution >= 4 is 17.0 Å². The number of halogens is 5. The summed E-state index contributed by atoms with van der Waals surface area (Å²) in [6, 6.07) is 15.7. The minimum absolute atomic E-state index is 0.0468. The van der Waals surface area contributed by atoms with Crippen molar-refractivity contribution in [2.24, 2.45) is 0 Å². The van der Waals surface area contributed by atoms with E-state index in [1.807, 2.05) is 0 Å². The number of carboxylic acids is 1. The number of hydrogen-bond acceptors (Lipinski definition) is 5. The second kappa shape index (κ2) is 11.7. The second-order valence-corrected chi connectivity index (χ2v) is 10.4. The first kappa shape index (κ1) is 29.2. The van der Waals surface area contributed by atoms with Crippen LogP contribution >= 0.6 is 0 Å². The van der Waals surface area contributed by atoms with Gasteiger partial charge >= 0.3 is 12.1 Å². The largest absolute Gasteiger partial charge is 0.478 e. The summed E-state index contributed by atoms with van der Waals surface area (Å²) >= 11 is 0. The third kappa shape index (κ3) is 6.11. The van der Waals surface area contributed by atoms with Crippen molar-refractivity contribution in [3.05, 3.63) is 113 Å². The summed E-state index contributed by atoms with van der Waals surface area (Å²) in [5.74, 6) is -2.00. The number of imidazole rings is 1. The van der Waals surface area contributed by atoms with E-state index in [-0.39, 0.29) is 47.4 Å². The number of aromatic nitrogens is 3. The van der Waals surface area contributed by atoms with Gasteiger partial charge in [-0.1, -0.05) is 18.2 Å². The molecule has 0 saturated carbocycles. The van der Waals surface area contributed by atoms with Crippen LogP contribution in [0.2, 0.25) is 0 Å². The molecule has 1 atom stereocenters. The van der Waals surface area contributed by atoms with E-state index in [0.29, 0.717) is 35.6 Å². The molecule has 0 amide bonds. The fourth-order valence-electron chi connectivity index (χ4n) is 4.96. The Kier molecular flexibility index (Phi) is 7.76. The van der Waals surface area contributed by atoms with Crippen LogP contribution in [-0.2, 0) is 30.5 Å². The Morgan fingerprint density at radius 1 is 1.00 bits per heavy atom. The third-order valence-corrected chi connectivity index (χ3v) is 7.41. The van der Waals surface area contributed by atoms with Crippen LogP contribution in [0.3, 0.4) is 0 Å². The third-order valence-electron chi connectivity index (χ3n) is 7.41. The van der Waals surface area contributed by atoms with Crippen molar-refractivity contribution in [1.29, 1.82) is 0 Å². The maximum Gasteiger partial charge on any atom is 0.416 e. The molecule has 1 aliphatic heterocycles. The summed E-state index contributed by atoms with van der Waals surface area (Å²) < 4.78 is 82.2. The van der Waals surface area contributed by atoms with Crippen molar-refractivity contribution in [2.45, 2.75) is 38.3 Å². The quantitative estimate of drug-likeness (QED) is 0.180. The summed E-state index contributed by atoms with van der Waals surface area (Å²) in [6.45, 7) is 0.926. The molecule has 7 nitrogen and oxygen atoms in total. The highest BCUT2D eigenvalue weighted by Crippen LogP contribution is 2.31. The average Bonchev–Trinajstić information content (AvgIpc) is 3.31. The number of ether oxygens (including phenoxy) is 2. The number of alkyl halides is 3. The normalized spacial score (nSPS) is 14.9. The summed E-state index contributed by atoms with van der Waals surface area (Å²) in [5, 5.41) is 9.44. The Labute approximate surface area is 247 Å². The van der Waals surface area contributed by atoms with E-state index in [2.05, 4.69) is 9.97 Å². The van der Waals surface area contributed by atoms with Gasteiger partial charge in [-0.05, 0) is 66.1 Å². The van der Waals surface area contributed by atoms with Gasteiger partial charge in [0, 0.05) is 24.7 Å². The lowest BCUT2D eigenvalue weighted by Crippen LogP contribution is -2.31. The van der Waals surface area contributed by atoms with Crippen molar-refractivity contribution < 1.29 is 41.3 Å². The lowest BCUT2D eigenvalue weighted by Gasteiger charge is -2.27. The Balaban J connectivity index is 1.23. The van der Waals surface area contributed by atoms with Crippen molar-refractivity contribution in [1.82, 2.24) is 14.5 Å². The molecule has 5 aromatic rings. The first-order chi connectivity index (χ1) is 21.0. The maximum absolute atomic E-state index is 15.4. The molecule has 2 aromatic heterocycles. The smallest absolute Gasteiger partial charge is 0.416 e. The van der Waals surface area contributed by atoms with E-state index >= 15 is 8.78 Å². The summed E-state index contributed by atoms with van der Waals surface area (Å²) in [7, 11) is 0. The maximum atomic E-state index is 15.4. The van der Waals surface area contributed by atoms with Crippen LogP contribution < -0.4 is 4.74 Å². The molecule has 44 heavy (non-hydrogen) atoms. The number of carboxylic acid groups (broad SMARTS) is 1. The van der Waals surface area contributed by atoms with E-state index in [1.165, 1.54) is 36.4 Å². The molecule has 0 unspecified atom stereocenters. The number of rotatable bonds is 9. The highest BCUT2D eigenvalue weighted by Gasteiger charge is 2.30. The van der Waals surface area contributed by atoms with Crippen LogP contribution in [0.15, 0.2) is 72.8 Å². The molecule has 12 heteroatoms. The van der Waals surface area contributed by atoms with Gasteiger partial charge in [0.15, 0.2) is 0 Å². The molecule has 1 aliphatic rings. The van der Waals surface area contributed by atoms with Crippen LogP contribution in [0, 0.1) is 11.6 Å². The first-order valence-electron chi connectivity index (χ1n) is 13.6. The van der Waals surface area contributed by atoms with Crippen molar-refractivity contribution in [3.8, 4) is 17.1 Å². The standard InChI is InChI=1S/C32H24F5N3O4/c33-24-15-23(26-2-1-3-30(39-26)44-17-18-4-7-21(8-5-18)32(35,36)37)25(34)12-20(24)14-29-38-27-9-6-19(31(41)42)13-28(27)40(29)16-22-10-11-43-22/h1-9,12-13,15,22H,10-11,14,16-17H2,(H,41,42)/t22-/m0/s1. The Morgan fingerprint density at radius 3 is 2.45 bits per heavy atom. The molecule has 1 N–H and O–H groups in total. The number of nitrogens with zero attached hydrogens (tertiary/aromatic N) is 3. The van der Waals surface area contributed by atoms with Crippen LogP contribution in [-0.4, -0.2) is 38.3 Å². The van der Waals surface area contributed by atoms with Gasteiger partial charge in [-0.25, -0.2) is 23.5 Å². The van der Waals surface area contributed by atoms with E-state index in [0.717, 1.165) is 30.7 Å². The fraction of sp³-hybridized carbons (Fsp3) is 0.219. The van der Waals surface area contributed by atoms with Gasteiger partial charge in [-0.15, -0.1) is 0 Å². The predicted molar refractivity (Wildman–Crippen MR) is 149 cm³/mol. The van der Waals surface area contributed by atoms with Crippen LogP contribution in [0.25, 0.3) is 22.3 Å². The Hall–Kier alpha value is -4.84. The molecule has 1 saturated heterocycles. The monoisotopic (exact) mass is 609 g/mol. The summed E-state index contributed by atoms with van der Waals surface area (Å²) in [4.78, 5) is 20.4. The number of aromatic carboxylic acids is 1. The molecular formula is C32H24F5N3O4. The van der Waals surface area contributed by atoms with Gasteiger partial charge in [-0.2, -0.15) is 13.2 Å². The fourth-order valence-corrected chi connectivity index (χ4v) is 4.96. The van der Waals surface area contributed by atoms with Gasteiger partial charge in [0.25, 0.3) is 0 Å². The zero-order valence-electron chi connectivity index (χ0n) is 22.9. The van der Waals surface area contributed by atoms with Gasteiger partial charge in [0.2, 0.25) is 5.88 Å². The van der Waals surface area contributed by atoms with E-state index in [9.17, 15) is 23.1 Å². The molecule has 0 spiro atoms. The van der Waals surface area contributed by atoms with Crippen molar-refractivity contribution in [3.63, 3.8) is 0 Å². The van der Waals surface area contributed by atoms with Crippen LogP contribution in [0.1, 0.15) is 39.3 Å². The molecule has 226 valence electrons. The molecule has 0 bridgehead atoms. The predicted octanol–water partition coefficient (Wildman–Crippen LogP) is 7.05. The number of pyridine rings is 1. The molecule has 3 aromatic carbocycles. The Morgan fingerprint density at radius 2 is 1.77 bits per heavy atom. The SMILES string of the molecule is O=C(O)c1ccc2nc(Cc3cc(F)c(-c4cccc(OCc5ccc(C(F)(F)F)cc5)n4)cc3F)n(C[C@@H]3CCO3)c2c1. The molecule has 1 fully saturated rings. The second-order valence-electron chi connectivity index (χ2n) is 10.4. The average molecular weight is 610 g/mol. The number of benzene rings is 3. The number of fused-ring (bicyclic) bond motifs is 1. The molecular weight excluding hydrogens is 585 g/mol. The molecule has 0 aliphatic carbocycles. The van der Waals surface area contributed by atoms with Gasteiger partial charge in [-0.3, -0.25) is 0 Å². The lowest BCUT2D eigenvalue weighted by molar-refractivity contribution is -0.137. The highest BCUT2D eigenvalue weighted by molar-refractivity contribution is 5.92. The molecule has 3 heterocycles.